The third-order valence-corrected chi connectivity index (χ3v) is 3.77. The summed E-state index contributed by atoms with van der Waals surface area (Å²) >= 11 is 0. The van der Waals surface area contributed by atoms with Crippen LogP contribution in [-0.2, 0) is 11.3 Å². The van der Waals surface area contributed by atoms with Crippen LogP contribution in [0.5, 0.6) is 0 Å². The Bertz CT molecular complexity index is 643. The Balaban J connectivity index is 1.66. The summed E-state index contributed by atoms with van der Waals surface area (Å²) in [5, 5.41) is 9.99. The van der Waals surface area contributed by atoms with Crippen LogP contribution < -0.4 is 10.6 Å². The maximum Gasteiger partial charge on any atom is 0.237 e. The van der Waals surface area contributed by atoms with E-state index in [1.807, 2.05) is 6.07 Å². The lowest BCUT2D eigenvalue weighted by molar-refractivity contribution is -0.122. The Hall–Kier alpha value is -2.28. The summed E-state index contributed by atoms with van der Waals surface area (Å²) in [7, 11) is 0. The van der Waals surface area contributed by atoms with Gasteiger partial charge in [0.25, 0.3) is 0 Å². The summed E-state index contributed by atoms with van der Waals surface area (Å²) in [6, 6.07) is 4.73. The summed E-state index contributed by atoms with van der Waals surface area (Å²) in [6.45, 7) is 1.19. The van der Waals surface area contributed by atoms with E-state index in [9.17, 15) is 9.18 Å². The molecule has 3 rings (SSSR count). The van der Waals surface area contributed by atoms with Crippen molar-refractivity contribution in [2.75, 3.05) is 6.54 Å². The number of benzene rings is 1. The van der Waals surface area contributed by atoms with Gasteiger partial charge in [0.05, 0.1) is 6.04 Å². The Kier molecular flexibility index (Phi) is 4.43. The Morgan fingerprint density at radius 1 is 1.41 bits per heavy atom. The lowest BCUT2D eigenvalue weighted by Crippen LogP contribution is -2.42. The van der Waals surface area contributed by atoms with Crippen LogP contribution in [0.25, 0.3) is 5.69 Å². The number of hydrogen-bond donors (Lipinski definition) is 2. The maximum atomic E-state index is 14.1. The van der Waals surface area contributed by atoms with Crippen LogP contribution in [0.2, 0.25) is 0 Å². The number of aromatic nitrogens is 3. The van der Waals surface area contributed by atoms with Crippen LogP contribution in [0, 0.1) is 5.82 Å². The van der Waals surface area contributed by atoms with Crippen molar-refractivity contribution >= 4 is 5.91 Å². The molecule has 22 heavy (non-hydrogen) atoms. The average molecular weight is 303 g/mol. The minimum absolute atomic E-state index is 0.0252. The van der Waals surface area contributed by atoms with Gasteiger partial charge in [0.1, 0.15) is 24.2 Å². The molecule has 1 aromatic carbocycles. The molecule has 1 amide bonds. The van der Waals surface area contributed by atoms with Crippen molar-refractivity contribution in [2.24, 2.45) is 0 Å². The fraction of sp³-hybridized carbons (Fsp3) is 0.400. The molecule has 0 radical (unpaired) electrons. The van der Waals surface area contributed by atoms with Crippen molar-refractivity contribution in [3.63, 3.8) is 0 Å². The number of nitrogens with one attached hydrogen (secondary N) is 2. The van der Waals surface area contributed by atoms with Gasteiger partial charge in [-0.15, -0.1) is 0 Å². The highest BCUT2D eigenvalue weighted by atomic mass is 19.1. The molecule has 7 heteroatoms. The van der Waals surface area contributed by atoms with E-state index in [-0.39, 0.29) is 17.8 Å². The maximum absolute atomic E-state index is 14.1. The Morgan fingerprint density at radius 3 is 3.09 bits per heavy atom. The highest BCUT2D eigenvalue weighted by Gasteiger charge is 2.19. The van der Waals surface area contributed by atoms with Crippen LogP contribution in [0.1, 0.15) is 24.8 Å². The molecule has 0 spiro atoms. The molecule has 0 aliphatic carbocycles. The second-order valence-corrected chi connectivity index (χ2v) is 5.35. The molecule has 1 aliphatic heterocycles. The summed E-state index contributed by atoms with van der Waals surface area (Å²) in [5.74, 6) is -0.340. The normalized spacial score (nSPS) is 18.8. The van der Waals surface area contributed by atoms with Crippen LogP contribution in [0.4, 0.5) is 4.39 Å². The molecule has 6 nitrogen and oxygen atoms in total. The lowest BCUT2D eigenvalue weighted by Gasteiger charge is -2.15. The molecule has 2 N–H and O–H groups in total. The third-order valence-electron chi connectivity index (χ3n) is 3.77. The minimum atomic E-state index is -0.366. The minimum Gasteiger partial charge on any atom is -0.355 e. The fourth-order valence-corrected chi connectivity index (χ4v) is 2.55. The van der Waals surface area contributed by atoms with Crippen LogP contribution >= 0.6 is 0 Å². The van der Waals surface area contributed by atoms with Gasteiger partial charge in [0.2, 0.25) is 5.91 Å². The molecule has 1 fully saturated rings. The first-order valence-corrected chi connectivity index (χ1v) is 7.38. The molecule has 2 heterocycles. The Morgan fingerprint density at radius 2 is 2.32 bits per heavy atom. The molecule has 1 atom stereocenters. The van der Waals surface area contributed by atoms with E-state index in [0.29, 0.717) is 12.2 Å². The molecule has 2 aromatic rings. The zero-order valence-electron chi connectivity index (χ0n) is 12.1. The first kappa shape index (κ1) is 14.6. The van der Waals surface area contributed by atoms with E-state index in [4.69, 9.17) is 0 Å². The van der Waals surface area contributed by atoms with Crippen molar-refractivity contribution in [3.8, 4) is 5.69 Å². The van der Waals surface area contributed by atoms with Gasteiger partial charge in [-0.05, 0) is 37.0 Å². The number of carbonyl (C=O) groups excluding carboxylic acids is 1. The van der Waals surface area contributed by atoms with Crippen LogP contribution in [0.15, 0.2) is 30.9 Å². The molecule has 1 aromatic heterocycles. The average Bonchev–Trinajstić information content (AvgIpc) is 2.96. The standard InChI is InChI=1S/C15H18FN5O/c16-12-7-11(4-5-14(12)21-10-17-9-20-21)8-19-13-3-1-2-6-18-15(13)22/h4-5,7,9-10,13,19H,1-3,6,8H2,(H,18,22). The predicted molar refractivity (Wildman–Crippen MR) is 78.8 cm³/mol. The number of hydrogen-bond acceptors (Lipinski definition) is 4. The summed E-state index contributed by atoms with van der Waals surface area (Å²) in [5.41, 5.74) is 1.15. The zero-order chi connectivity index (χ0) is 15.4. The van der Waals surface area contributed by atoms with E-state index in [0.717, 1.165) is 31.4 Å². The topological polar surface area (TPSA) is 71.8 Å². The molecule has 1 unspecified atom stereocenters. The second-order valence-electron chi connectivity index (χ2n) is 5.35. The van der Waals surface area contributed by atoms with Gasteiger partial charge >= 0.3 is 0 Å². The number of halogens is 1. The first-order valence-electron chi connectivity index (χ1n) is 7.38. The number of rotatable bonds is 4. The number of amides is 1. The van der Waals surface area contributed by atoms with E-state index < -0.39 is 0 Å². The highest BCUT2D eigenvalue weighted by Crippen LogP contribution is 2.14. The highest BCUT2D eigenvalue weighted by molar-refractivity contribution is 5.81. The van der Waals surface area contributed by atoms with Gasteiger partial charge in [0, 0.05) is 13.1 Å². The smallest absolute Gasteiger partial charge is 0.237 e. The lowest BCUT2D eigenvalue weighted by atomic mass is 10.1. The van der Waals surface area contributed by atoms with Crippen LogP contribution in [-0.4, -0.2) is 33.3 Å². The van der Waals surface area contributed by atoms with Gasteiger partial charge in [0.15, 0.2) is 0 Å². The quantitative estimate of drug-likeness (QED) is 0.889. The third kappa shape index (κ3) is 3.30. The fourth-order valence-electron chi connectivity index (χ4n) is 2.55. The second kappa shape index (κ2) is 6.65. The summed E-state index contributed by atoms with van der Waals surface area (Å²) in [6.07, 6.45) is 5.64. The van der Waals surface area contributed by atoms with E-state index in [1.54, 1.807) is 6.07 Å². The molecule has 1 aliphatic rings. The van der Waals surface area contributed by atoms with Gasteiger partial charge in [-0.1, -0.05) is 6.07 Å². The summed E-state index contributed by atoms with van der Waals surface area (Å²) in [4.78, 5) is 15.7. The van der Waals surface area contributed by atoms with Crippen molar-refractivity contribution in [1.29, 1.82) is 0 Å². The molecule has 0 bridgehead atoms. The molecular formula is C15H18FN5O. The number of nitrogens with zero attached hydrogens (tertiary/aromatic N) is 3. The SMILES string of the molecule is O=C1NCCCCC1NCc1ccc(-n2cncn2)c(F)c1. The van der Waals surface area contributed by atoms with Crippen molar-refractivity contribution in [1.82, 2.24) is 25.4 Å². The number of carbonyl (C=O) groups is 1. The summed E-state index contributed by atoms with van der Waals surface area (Å²) < 4.78 is 15.5. The van der Waals surface area contributed by atoms with Crippen molar-refractivity contribution < 1.29 is 9.18 Å². The van der Waals surface area contributed by atoms with Crippen molar-refractivity contribution in [3.05, 3.63) is 42.2 Å². The van der Waals surface area contributed by atoms with E-state index in [2.05, 4.69) is 20.7 Å². The first-order chi connectivity index (χ1) is 10.7. The molecule has 0 saturated carbocycles. The molecule has 116 valence electrons. The monoisotopic (exact) mass is 303 g/mol. The van der Waals surface area contributed by atoms with Gasteiger partial charge in [-0.25, -0.2) is 14.1 Å². The van der Waals surface area contributed by atoms with E-state index >= 15 is 0 Å². The Labute approximate surface area is 127 Å². The zero-order valence-corrected chi connectivity index (χ0v) is 12.1. The van der Waals surface area contributed by atoms with Crippen LogP contribution in [0.3, 0.4) is 0 Å². The molecule has 1 saturated heterocycles. The van der Waals surface area contributed by atoms with E-state index in [1.165, 1.54) is 23.4 Å². The largest absolute Gasteiger partial charge is 0.355 e. The van der Waals surface area contributed by atoms with Gasteiger partial charge in [-0.3, -0.25) is 4.79 Å². The van der Waals surface area contributed by atoms with Gasteiger partial charge < -0.3 is 10.6 Å². The molecular weight excluding hydrogens is 285 g/mol. The predicted octanol–water partition coefficient (Wildman–Crippen LogP) is 1.16. The van der Waals surface area contributed by atoms with Crippen molar-refractivity contribution in [2.45, 2.75) is 31.8 Å². The van der Waals surface area contributed by atoms with Gasteiger partial charge in [-0.2, -0.15) is 5.10 Å².